The van der Waals surface area contributed by atoms with Crippen molar-refractivity contribution in [2.24, 2.45) is 0 Å². The summed E-state index contributed by atoms with van der Waals surface area (Å²) in [6.45, 7) is 7.01. The maximum Gasteiger partial charge on any atom is 0.262 e. The zero-order valence-corrected chi connectivity index (χ0v) is 15.6. The van der Waals surface area contributed by atoms with Gasteiger partial charge in [0, 0.05) is 32.4 Å². The second kappa shape index (κ2) is 6.79. The summed E-state index contributed by atoms with van der Waals surface area (Å²) < 4.78 is 10.8. The van der Waals surface area contributed by atoms with Crippen molar-refractivity contribution in [3.63, 3.8) is 0 Å². The Hall–Kier alpha value is -3.13. The summed E-state index contributed by atoms with van der Waals surface area (Å²) in [6.07, 6.45) is 1.69. The van der Waals surface area contributed by atoms with Crippen molar-refractivity contribution in [1.29, 1.82) is 0 Å². The van der Waals surface area contributed by atoms with E-state index in [1.807, 2.05) is 24.3 Å². The van der Waals surface area contributed by atoms with Crippen molar-refractivity contribution in [3.05, 3.63) is 40.8 Å². The first-order valence-electron chi connectivity index (χ1n) is 9.49. The maximum atomic E-state index is 13.0. The summed E-state index contributed by atoms with van der Waals surface area (Å²) in [7, 11) is 0. The summed E-state index contributed by atoms with van der Waals surface area (Å²) >= 11 is 0. The number of pyridine rings is 1. The van der Waals surface area contributed by atoms with Crippen molar-refractivity contribution in [2.75, 3.05) is 44.4 Å². The number of rotatable bonds is 3. The van der Waals surface area contributed by atoms with Crippen molar-refractivity contribution >= 4 is 17.0 Å². The van der Waals surface area contributed by atoms with Crippen LogP contribution in [0.15, 0.2) is 35.3 Å². The quantitative estimate of drug-likeness (QED) is 0.744. The first-order valence-corrected chi connectivity index (χ1v) is 9.49. The molecule has 5 rings (SSSR count). The topological polar surface area (TPSA) is 83.6 Å². The average molecular weight is 379 g/mol. The van der Waals surface area contributed by atoms with Crippen LogP contribution < -0.4 is 19.9 Å². The molecule has 2 aromatic heterocycles. The lowest BCUT2D eigenvalue weighted by molar-refractivity contribution is 0.174. The number of hydrogen-bond acceptors (Lipinski definition) is 7. The lowest BCUT2D eigenvalue weighted by atomic mass is 10.0. The summed E-state index contributed by atoms with van der Waals surface area (Å²) in [5.41, 5.74) is 1.91. The molecule has 1 aromatic carbocycles. The molecule has 0 bridgehead atoms. The van der Waals surface area contributed by atoms with Gasteiger partial charge in [-0.1, -0.05) is 13.0 Å². The molecule has 0 spiro atoms. The molecule has 8 heteroatoms. The largest absolute Gasteiger partial charge is 0.454 e. The van der Waals surface area contributed by atoms with Gasteiger partial charge in [-0.15, -0.1) is 0 Å². The Morgan fingerprint density at radius 1 is 1.11 bits per heavy atom. The number of likely N-dealkylation sites (N-methyl/N-ethyl adjacent to an activating group) is 1. The Labute approximate surface area is 161 Å². The molecule has 0 aliphatic carbocycles. The Morgan fingerprint density at radius 2 is 1.93 bits per heavy atom. The monoisotopic (exact) mass is 379 g/mol. The van der Waals surface area contributed by atoms with Crippen LogP contribution in [-0.4, -0.2) is 59.4 Å². The molecule has 1 N–H and O–H groups in total. The number of benzene rings is 1. The maximum absolute atomic E-state index is 13.0. The van der Waals surface area contributed by atoms with Gasteiger partial charge in [0.2, 0.25) is 12.7 Å². The van der Waals surface area contributed by atoms with E-state index >= 15 is 0 Å². The first-order chi connectivity index (χ1) is 13.7. The number of aromatic amines is 1. The molecule has 1 fully saturated rings. The lowest BCUT2D eigenvalue weighted by Gasteiger charge is -2.34. The summed E-state index contributed by atoms with van der Waals surface area (Å²) in [4.78, 5) is 29.4. The summed E-state index contributed by atoms with van der Waals surface area (Å²) in [5.74, 6) is 1.98. The fourth-order valence-corrected chi connectivity index (χ4v) is 3.78. The van der Waals surface area contributed by atoms with Crippen LogP contribution in [0, 0.1) is 0 Å². The molecule has 0 saturated carbocycles. The van der Waals surface area contributed by atoms with Gasteiger partial charge in [0.15, 0.2) is 17.1 Å². The Balaban J connectivity index is 1.55. The van der Waals surface area contributed by atoms with Gasteiger partial charge in [-0.3, -0.25) is 9.78 Å². The van der Waals surface area contributed by atoms with E-state index in [2.05, 4.69) is 31.7 Å². The standard InChI is InChI=1S/C20H21N5O3/c1-2-24-7-9-25(10-8-24)20-22-18-17(19(26)23-20)14(5-6-21-18)13-3-4-15-16(11-13)28-12-27-15/h3-6,11H,2,7-10,12H2,1H3,(H,21,22,23,26). The SMILES string of the molecule is CCN1CCN(c2nc3nccc(-c4ccc5c(c4)OCO5)c3c(=O)[nH]2)CC1. The van der Waals surface area contributed by atoms with Crippen LogP contribution in [0.25, 0.3) is 22.2 Å². The highest BCUT2D eigenvalue weighted by molar-refractivity contribution is 5.92. The Kier molecular flexibility index (Phi) is 4.12. The second-order valence-corrected chi connectivity index (χ2v) is 6.94. The molecule has 3 aromatic rings. The molecule has 0 radical (unpaired) electrons. The van der Waals surface area contributed by atoms with Crippen LogP contribution in [0.4, 0.5) is 5.95 Å². The molecule has 144 valence electrons. The lowest BCUT2D eigenvalue weighted by Crippen LogP contribution is -2.47. The van der Waals surface area contributed by atoms with Gasteiger partial charge >= 0.3 is 0 Å². The smallest absolute Gasteiger partial charge is 0.262 e. The van der Waals surface area contributed by atoms with Crippen molar-refractivity contribution in [3.8, 4) is 22.6 Å². The number of hydrogen-bond donors (Lipinski definition) is 1. The zero-order valence-electron chi connectivity index (χ0n) is 15.6. The number of nitrogens with zero attached hydrogens (tertiary/aromatic N) is 4. The number of anilines is 1. The average Bonchev–Trinajstić information content (AvgIpc) is 3.21. The van der Waals surface area contributed by atoms with Crippen LogP contribution in [0.3, 0.4) is 0 Å². The van der Waals surface area contributed by atoms with Gasteiger partial charge in [0.05, 0.1) is 5.39 Å². The normalized spacial score (nSPS) is 16.7. The van der Waals surface area contributed by atoms with E-state index in [9.17, 15) is 4.79 Å². The number of fused-ring (bicyclic) bond motifs is 2. The highest BCUT2D eigenvalue weighted by Crippen LogP contribution is 2.37. The van der Waals surface area contributed by atoms with E-state index in [4.69, 9.17) is 9.47 Å². The van der Waals surface area contributed by atoms with Gasteiger partial charge in [0.25, 0.3) is 5.56 Å². The fraction of sp³-hybridized carbons (Fsp3) is 0.350. The predicted molar refractivity (Wildman–Crippen MR) is 106 cm³/mol. The molecular weight excluding hydrogens is 358 g/mol. The molecule has 2 aliphatic rings. The number of ether oxygens (including phenoxy) is 2. The van der Waals surface area contributed by atoms with E-state index in [1.165, 1.54) is 0 Å². The molecule has 8 nitrogen and oxygen atoms in total. The van der Waals surface area contributed by atoms with Crippen molar-refractivity contribution in [2.45, 2.75) is 6.92 Å². The third-order valence-corrected chi connectivity index (χ3v) is 5.40. The number of nitrogens with one attached hydrogen (secondary N) is 1. The highest BCUT2D eigenvalue weighted by atomic mass is 16.7. The summed E-state index contributed by atoms with van der Waals surface area (Å²) in [6, 6.07) is 7.48. The Morgan fingerprint density at radius 3 is 2.75 bits per heavy atom. The van der Waals surface area contributed by atoms with Gasteiger partial charge in [-0.05, 0) is 35.9 Å². The minimum Gasteiger partial charge on any atom is -0.454 e. The molecule has 0 amide bonds. The molecule has 0 atom stereocenters. The van der Waals surface area contributed by atoms with Crippen LogP contribution >= 0.6 is 0 Å². The minimum atomic E-state index is -0.182. The third kappa shape index (κ3) is 2.86. The van der Waals surface area contributed by atoms with E-state index < -0.39 is 0 Å². The number of H-pyrrole nitrogens is 1. The first kappa shape index (κ1) is 17.0. The van der Waals surface area contributed by atoms with Crippen LogP contribution in [0.5, 0.6) is 11.5 Å². The van der Waals surface area contributed by atoms with Crippen LogP contribution in [-0.2, 0) is 0 Å². The molecule has 2 aliphatic heterocycles. The van der Waals surface area contributed by atoms with Gasteiger partial charge < -0.3 is 19.3 Å². The predicted octanol–water partition coefficient (Wildman–Crippen LogP) is 1.86. The van der Waals surface area contributed by atoms with Gasteiger partial charge in [-0.25, -0.2) is 4.98 Å². The van der Waals surface area contributed by atoms with E-state index in [1.54, 1.807) is 6.20 Å². The number of piperazine rings is 1. The van der Waals surface area contributed by atoms with E-state index in [-0.39, 0.29) is 12.4 Å². The Bertz CT molecular complexity index is 1090. The highest BCUT2D eigenvalue weighted by Gasteiger charge is 2.20. The molecule has 0 unspecified atom stereocenters. The van der Waals surface area contributed by atoms with Crippen molar-refractivity contribution < 1.29 is 9.47 Å². The fourth-order valence-electron chi connectivity index (χ4n) is 3.78. The molecule has 4 heterocycles. The van der Waals surface area contributed by atoms with Crippen LogP contribution in [0.1, 0.15) is 6.92 Å². The second-order valence-electron chi connectivity index (χ2n) is 6.94. The van der Waals surface area contributed by atoms with Gasteiger partial charge in [-0.2, -0.15) is 4.98 Å². The van der Waals surface area contributed by atoms with Gasteiger partial charge in [0.1, 0.15) is 0 Å². The third-order valence-electron chi connectivity index (χ3n) is 5.40. The van der Waals surface area contributed by atoms with Crippen LogP contribution in [0.2, 0.25) is 0 Å². The zero-order chi connectivity index (χ0) is 19.1. The summed E-state index contributed by atoms with van der Waals surface area (Å²) in [5, 5.41) is 0.484. The molecule has 1 saturated heterocycles. The molecule has 28 heavy (non-hydrogen) atoms. The van der Waals surface area contributed by atoms with Crippen molar-refractivity contribution in [1.82, 2.24) is 19.9 Å². The molecular formula is C20H21N5O3. The number of aromatic nitrogens is 3. The minimum absolute atomic E-state index is 0.182. The van der Waals surface area contributed by atoms with E-state index in [0.29, 0.717) is 28.5 Å². The van der Waals surface area contributed by atoms with E-state index in [0.717, 1.165) is 43.9 Å².